The summed E-state index contributed by atoms with van der Waals surface area (Å²) in [5.41, 5.74) is 5.56. The van der Waals surface area contributed by atoms with E-state index in [2.05, 4.69) is 58.6 Å². The topological polar surface area (TPSA) is 40.7 Å². The number of anilines is 1. The average Bonchev–Trinajstić information content (AvgIpc) is 2.95. The van der Waals surface area contributed by atoms with Crippen LogP contribution in [0.4, 0.5) is 5.69 Å². The second kappa shape index (κ2) is 5.84. The molecule has 0 saturated carbocycles. The van der Waals surface area contributed by atoms with E-state index in [9.17, 15) is 0 Å². The van der Waals surface area contributed by atoms with E-state index in [0.29, 0.717) is 0 Å². The fraction of sp³-hybridized carbons (Fsp3) is 0.150. The maximum atomic E-state index is 5.97. The van der Waals surface area contributed by atoms with Gasteiger partial charge >= 0.3 is 0 Å². The smallest absolute Gasteiger partial charge is 0.0681 e. The van der Waals surface area contributed by atoms with Crippen LogP contribution in [-0.4, -0.2) is 9.97 Å². The molecule has 0 amide bonds. The summed E-state index contributed by atoms with van der Waals surface area (Å²) in [5, 5.41) is 6.75. The van der Waals surface area contributed by atoms with Crippen LogP contribution in [0.15, 0.2) is 54.7 Å². The van der Waals surface area contributed by atoms with Crippen LogP contribution in [0.3, 0.4) is 0 Å². The molecule has 0 fully saturated rings. The van der Waals surface area contributed by atoms with Gasteiger partial charge in [0.05, 0.1) is 11.2 Å². The van der Waals surface area contributed by atoms with Crippen LogP contribution in [0.2, 0.25) is 5.02 Å². The molecule has 0 radical (unpaired) electrons. The highest BCUT2D eigenvalue weighted by Crippen LogP contribution is 2.30. The molecule has 3 nitrogen and oxygen atoms in total. The Kier molecular flexibility index (Phi) is 3.66. The number of aryl methyl sites for hydroxylation is 1. The summed E-state index contributed by atoms with van der Waals surface area (Å²) in [6.07, 6.45) is 1.86. The van der Waals surface area contributed by atoms with E-state index in [1.54, 1.807) is 0 Å². The van der Waals surface area contributed by atoms with Gasteiger partial charge in [-0.05, 0) is 55.8 Å². The number of fused-ring (bicyclic) bond motifs is 3. The van der Waals surface area contributed by atoms with Crippen LogP contribution in [-0.2, 0) is 0 Å². The number of H-pyrrole nitrogens is 1. The molecule has 1 unspecified atom stereocenters. The molecule has 0 aliphatic rings. The molecule has 2 aromatic carbocycles. The molecular weight excluding hydrogens is 318 g/mol. The normalized spacial score (nSPS) is 12.6. The Balaban J connectivity index is 1.71. The molecule has 0 aliphatic carbocycles. The first-order valence-corrected chi connectivity index (χ1v) is 8.38. The predicted octanol–water partition coefficient (Wildman–Crippen LogP) is 5.85. The molecule has 4 rings (SSSR count). The Morgan fingerprint density at radius 3 is 2.62 bits per heavy atom. The van der Waals surface area contributed by atoms with Crippen LogP contribution < -0.4 is 5.32 Å². The number of nitrogens with one attached hydrogen (secondary N) is 2. The van der Waals surface area contributed by atoms with Crippen molar-refractivity contribution in [2.75, 3.05) is 5.32 Å². The minimum absolute atomic E-state index is 0.202. The highest BCUT2D eigenvalue weighted by molar-refractivity contribution is 6.30. The Morgan fingerprint density at radius 2 is 1.83 bits per heavy atom. The van der Waals surface area contributed by atoms with E-state index < -0.39 is 0 Å². The highest BCUT2D eigenvalue weighted by Gasteiger charge is 2.09. The lowest BCUT2D eigenvalue weighted by atomic mass is 10.1. The van der Waals surface area contributed by atoms with E-state index in [0.717, 1.165) is 27.4 Å². The maximum Gasteiger partial charge on any atom is 0.0681 e. The number of benzene rings is 2. The Bertz CT molecular complexity index is 1020. The summed E-state index contributed by atoms with van der Waals surface area (Å²) >= 11 is 5.97. The van der Waals surface area contributed by atoms with Gasteiger partial charge in [0.1, 0.15) is 0 Å². The van der Waals surface area contributed by atoms with Crippen molar-refractivity contribution < 1.29 is 0 Å². The summed E-state index contributed by atoms with van der Waals surface area (Å²) in [6, 6.07) is 16.6. The summed E-state index contributed by atoms with van der Waals surface area (Å²) in [4.78, 5) is 7.82. The van der Waals surface area contributed by atoms with E-state index in [4.69, 9.17) is 11.6 Å². The second-order valence-electron chi connectivity index (χ2n) is 6.12. The van der Waals surface area contributed by atoms with Gasteiger partial charge in [-0.2, -0.15) is 0 Å². The average molecular weight is 336 g/mol. The highest BCUT2D eigenvalue weighted by atomic mass is 35.5. The van der Waals surface area contributed by atoms with Gasteiger partial charge in [-0.15, -0.1) is 0 Å². The summed E-state index contributed by atoms with van der Waals surface area (Å²) in [6.45, 7) is 4.18. The van der Waals surface area contributed by atoms with Crippen molar-refractivity contribution in [2.45, 2.75) is 19.9 Å². The zero-order valence-corrected chi connectivity index (χ0v) is 14.4. The van der Waals surface area contributed by atoms with E-state index >= 15 is 0 Å². The third kappa shape index (κ3) is 2.61. The molecule has 0 saturated heterocycles. The molecular formula is C20H18ClN3. The Hall–Kier alpha value is -2.52. The predicted molar refractivity (Wildman–Crippen MR) is 102 cm³/mol. The summed E-state index contributed by atoms with van der Waals surface area (Å²) in [5.74, 6) is 0. The van der Waals surface area contributed by atoms with Crippen molar-refractivity contribution in [3.8, 4) is 0 Å². The number of nitrogens with zero attached hydrogens (tertiary/aromatic N) is 1. The third-order valence-electron chi connectivity index (χ3n) is 4.46. The standard InChI is InChI=1S/C20H18ClN3/c1-12(14-3-5-15(21)6-4-14)23-16-7-8-19-18(11-16)17-9-10-22-13(2)20(17)24-19/h3-12,23-24H,1-2H3. The van der Waals surface area contributed by atoms with Crippen molar-refractivity contribution in [3.05, 3.63) is 71.0 Å². The monoisotopic (exact) mass is 335 g/mol. The van der Waals surface area contributed by atoms with Gasteiger partial charge in [-0.1, -0.05) is 23.7 Å². The molecule has 120 valence electrons. The van der Waals surface area contributed by atoms with Gasteiger partial charge < -0.3 is 10.3 Å². The second-order valence-corrected chi connectivity index (χ2v) is 6.56. The van der Waals surface area contributed by atoms with Crippen LogP contribution >= 0.6 is 11.6 Å². The van der Waals surface area contributed by atoms with Crippen LogP contribution in [0, 0.1) is 6.92 Å². The number of rotatable bonds is 3. The van der Waals surface area contributed by atoms with Crippen molar-refractivity contribution in [2.24, 2.45) is 0 Å². The van der Waals surface area contributed by atoms with Gasteiger partial charge in [0.2, 0.25) is 0 Å². The fourth-order valence-electron chi connectivity index (χ4n) is 3.13. The number of hydrogen-bond acceptors (Lipinski definition) is 2. The first-order valence-electron chi connectivity index (χ1n) is 8.01. The molecule has 0 aliphatic heterocycles. The lowest BCUT2D eigenvalue weighted by molar-refractivity contribution is 0.885. The molecule has 2 N–H and O–H groups in total. The van der Waals surface area contributed by atoms with E-state index in [-0.39, 0.29) is 6.04 Å². The zero-order valence-electron chi connectivity index (χ0n) is 13.6. The van der Waals surface area contributed by atoms with Gasteiger partial charge in [0, 0.05) is 39.2 Å². The van der Waals surface area contributed by atoms with Crippen LogP contribution in [0.25, 0.3) is 21.8 Å². The minimum Gasteiger partial charge on any atom is -0.379 e. The summed E-state index contributed by atoms with van der Waals surface area (Å²) in [7, 11) is 0. The molecule has 4 aromatic rings. The van der Waals surface area contributed by atoms with Gasteiger partial charge in [-0.25, -0.2) is 0 Å². The number of aromatic amines is 1. The Morgan fingerprint density at radius 1 is 1.04 bits per heavy atom. The van der Waals surface area contributed by atoms with Crippen molar-refractivity contribution in [3.63, 3.8) is 0 Å². The number of hydrogen-bond donors (Lipinski definition) is 2. The molecule has 4 heteroatoms. The van der Waals surface area contributed by atoms with Crippen LogP contribution in [0.5, 0.6) is 0 Å². The summed E-state index contributed by atoms with van der Waals surface area (Å²) < 4.78 is 0. The number of aromatic nitrogens is 2. The van der Waals surface area contributed by atoms with Gasteiger partial charge in [0.15, 0.2) is 0 Å². The largest absolute Gasteiger partial charge is 0.379 e. The molecule has 24 heavy (non-hydrogen) atoms. The number of halogens is 1. The lowest BCUT2D eigenvalue weighted by Gasteiger charge is -2.16. The van der Waals surface area contributed by atoms with Crippen LogP contribution in [0.1, 0.15) is 24.2 Å². The lowest BCUT2D eigenvalue weighted by Crippen LogP contribution is -2.06. The SMILES string of the molecule is Cc1nccc2c1[nH]c1ccc(NC(C)c3ccc(Cl)cc3)cc12. The quantitative estimate of drug-likeness (QED) is 0.493. The van der Waals surface area contributed by atoms with E-state index in [1.165, 1.54) is 16.3 Å². The maximum absolute atomic E-state index is 5.97. The zero-order chi connectivity index (χ0) is 16.7. The molecule has 2 aromatic heterocycles. The van der Waals surface area contributed by atoms with Gasteiger partial charge in [0.25, 0.3) is 0 Å². The number of pyridine rings is 1. The van der Waals surface area contributed by atoms with Crippen molar-refractivity contribution in [1.82, 2.24) is 9.97 Å². The Labute approximate surface area is 145 Å². The molecule has 2 heterocycles. The van der Waals surface area contributed by atoms with Crippen molar-refractivity contribution in [1.29, 1.82) is 0 Å². The fourth-order valence-corrected chi connectivity index (χ4v) is 3.26. The molecule has 0 bridgehead atoms. The van der Waals surface area contributed by atoms with Gasteiger partial charge in [-0.3, -0.25) is 4.98 Å². The molecule has 0 spiro atoms. The van der Waals surface area contributed by atoms with E-state index in [1.807, 2.05) is 25.3 Å². The third-order valence-corrected chi connectivity index (χ3v) is 4.72. The van der Waals surface area contributed by atoms with Crippen molar-refractivity contribution >= 4 is 39.1 Å². The first-order chi connectivity index (χ1) is 11.6. The minimum atomic E-state index is 0.202. The molecule has 1 atom stereocenters. The first kappa shape index (κ1) is 15.0.